The van der Waals surface area contributed by atoms with Gasteiger partial charge in [0.25, 0.3) is 11.7 Å². The fourth-order valence-electron chi connectivity index (χ4n) is 2.54. The number of nitrogens with one attached hydrogen (secondary N) is 1. The average Bonchev–Trinajstić information content (AvgIpc) is 2.78. The Kier molecular flexibility index (Phi) is 7.73. The van der Waals surface area contributed by atoms with Crippen molar-refractivity contribution in [1.29, 1.82) is 5.26 Å². The van der Waals surface area contributed by atoms with Gasteiger partial charge in [0, 0.05) is 23.0 Å². The Balaban J connectivity index is 1.61. The summed E-state index contributed by atoms with van der Waals surface area (Å²) in [6, 6.07) is 18.5. The number of carbonyl (C=O) groups excluding carboxylic acids is 1. The van der Waals surface area contributed by atoms with E-state index in [1.54, 1.807) is 36.7 Å². The molecule has 0 unspecified atom stereocenters. The van der Waals surface area contributed by atoms with Crippen LogP contribution >= 0.6 is 11.8 Å². The van der Waals surface area contributed by atoms with Gasteiger partial charge >= 0.3 is 0 Å². The van der Waals surface area contributed by atoms with Crippen molar-refractivity contribution >= 4 is 29.4 Å². The van der Waals surface area contributed by atoms with Crippen LogP contribution in [0.5, 0.6) is 5.75 Å². The highest BCUT2D eigenvalue weighted by Crippen LogP contribution is 2.26. The Morgan fingerprint density at radius 2 is 1.77 bits per heavy atom. The zero-order chi connectivity index (χ0) is 22.1. The molecule has 3 rings (SSSR count). The topological polar surface area (TPSA) is 75.0 Å². The van der Waals surface area contributed by atoms with Crippen LogP contribution in [0.3, 0.4) is 0 Å². The lowest BCUT2D eigenvalue weighted by molar-refractivity contribution is -0.112. The molecule has 31 heavy (non-hydrogen) atoms. The van der Waals surface area contributed by atoms with E-state index in [4.69, 9.17) is 4.74 Å². The Bertz CT molecular complexity index is 1080. The minimum Gasteiger partial charge on any atom is -0.489 e. The number of pyridine rings is 1. The molecule has 8 heteroatoms. The zero-order valence-corrected chi connectivity index (χ0v) is 17.0. The van der Waals surface area contributed by atoms with Gasteiger partial charge in [0.1, 0.15) is 24.0 Å². The first-order valence-electron chi connectivity index (χ1n) is 9.13. The van der Waals surface area contributed by atoms with Gasteiger partial charge in [-0.05, 0) is 65.7 Å². The van der Waals surface area contributed by atoms with Gasteiger partial charge in [-0.3, -0.25) is 9.78 Å². The first kappa shape index (κ1) is 22.0. The van der Waals surface area contributed by atoms with E-state index in [-0.39, 0.29) is 5.57 Å². The molecule has 3 aromatic rings. The maximum Gasteiger partial charge on any atom is 0.288 e. The van der Waals surface area contributed by atoms with Crippen LogP contribution in [0.25, 0.3) is 6.08 Å². The van der Waals surface area contributed by atoms with Crippen LogP contribution in [0.15, 0.2) is 83.5 Å². The van der Waals surface area contributed by atoms with E-state index in [1.807, 2.05) is 18.2 Å². The number of thioether (sulfide) groups is 1. The average molecular weight is 437 g/mol. The van der Waals surface area contributed by atoms with Crippen molar-refractivity contribution in [2.75, 3.05) is 5.32 Å². The number of nitrogens with zero attached hydrogens (tertiary/aromatic N) is 2. The van der Waals surface area contributed by atoms with E-state index in [9.17, 15) is 18.8 Å². The summed E-state index contributed by atoms with van der Waals surface area (Å²) in [6.45, 7) is 0.401. The lowest BCUT2D eigenvalue weighted by Gasteiger charge is -2.07. The standard InChI is InChI=1S/C23H17F2N3O2S/c24-23(25)31-21-7-3-19(4-8-21)28-22(29)18(14-26)13-16-1-5-20(6-2-16)30-15-17-9-11-27-12-10-17/h1-13,23H,15H2,(H,28,29)/b18-13+. The van der Waals surface area contributed by atoms with E-state index < -0.39 is 11.7 Å². The number of amides is 1. The van der Waals surface area contributed by atoms with Crippen molar-refractivity contribution in [3.63, 3.8) is 0 Å². The summed E-state index contributed by atoms with van der Waals surface area (Å²) in [7, 11) is 0. The third kappa shape index (κ3) is 6.94. The van der Waals surface area contributed by atoms with Crippen molar-refractivity contribution in [2.45, 2.75) is 17.3 Å². The van der Waals surface area contributed by atoms with Crippen LogP contribution in [-0.4, -0.2) is 16.6 Å². The molecule has 1 amide bonds. The lowest BCUT2D eigenvalue weighted by atomic mass is 10.1. The molecule has 0 saturated heterocycles. The molecule has 0 bridgehead atoms. The number of hydrogen-bond acceptors (Lipinski definition) is 5. The molecule has 1 aromatic heterocycles. The molecular formula is C23H17F2N3O2S. The van der Waals surface area contributed by atoms with Gasteiger partial charge in [0.15, 0.2) is 0 Å². The highest BCUT2D eigenvalue weighted by Gasteiger charge is 2.10. The summed E-state index contributed by atoms with van der Waals surface area (Å²) in [5.74, 6) is -2.45. The maximum atomic E-state index is 12.4. The second-order valence-corrected chi connectivity index (χ2v) is 7.30. The van der Waals surface area contributed by atoms with Gasteiger partial charge in [-0.15, -0.1) is 0 Å². The van der Waals surface area contributed by atoms with Gasteiger partial charge in [0.2, 0.25) is 0 Å². The molecule has 0 aliphatic carbocycles. The Morgan fingerprint density at radius 1 is 1.10 bits per heavy atom. The molecule has 0 aliphatic rings. The van der Waals surface area contributed by atoms with Crippen LogP contribution in [0.1, 0.15) is 11.1 Å². The molecule has 0 radical (unpaired) electrons. The fraction of sp³-hybridized carbons (Fsp3) is 0.0870. The number of nitriles is 1. The molecule has 0 atom stereocenters. The quantitative estimate of drug-likeness (QED) is 0.285. The molecule has 5 nitrogen and oxygen atoms in total. The SMILES string of the molecule is N#C/C(=C\c1ccc(OCc2ccncc2)cc1)C(=O)Nc1ccc(SC(F)F)cc1. The van der Waals surface area contributed by atoms with Gasteiger partial charge in [0.05, 0.1) is 0 Å². The molecule has 0 aliphatic heterocycles. The van der Waals surface area contributed by atoms with Crippen LogP contribution in [0.2, 0.25) is 0 Å². The van der Waals surface area contributed by atoms with Crippen LogP contribution < -0.4 is 10.1 Å². The Hall–Kier alpha value is -3.70. The van der Waals surface area contributed by atoms with Crippen LogP contribution in [0.4, 0.5) is 14.5 Å². The Morgan fingerprint density at radius 3 is 2.39 bits per heavy atom. The largest absolute Gasteiger partial charge is 0.489 e. The smallest absolute Gasteiger partial charge is 0.288 e. The lowest BCUT2D eigenvalue weighted by Crippen LogP contribution is -2.13. The molecule has 1 N–H and O–H groups in total. The molecule has 0 fully saturated rings. The van der Waals surface area contributed by atoms with Crippen molar-refractivity contribution in [1.82, 2.24) is 4.98 Å². The fourth-order valence-corrected chi connectivity index (χ4v) is 3.04. The number of rotatable bonds is 8. The monoisotopic (exact) mass is 437 g/mol. The van der Waals surface area contributed by atoms with Gasteiger partial charge < -0.3 is 10.1 Å². The third-order valence-electron chi connectivity index (χ3n) is 4.05. The molecule has 156 valence electrons. The maximum absolute atomic E-state index is 12.4. The molecular weight excluding hydrogens is 420 g/mol. The number of aromatic nitrogens is 1. The van der Waals surface area contributed by atoms with Crippen molar-refractivity contribution in [2.24, 2.45) is 0 Å². The Labute approximate surface area is 182 Å². The second kappa shape index (κ2) is 10.9. The predicted molar refractivity (Wildman–Crippen MR) is 116 cm³/mol. The molecule has 1 heterocycles. The highest BCUT2D eigenvalue weighted by molar-refractivity contribution is 7.99. The van der Waals surface area contributed by atoms with Crippen LogP contribution in [0, 0.1) is 11.3 Å². The minimum absolute atomic E-state index is 0.0866. The van der Waals surface area contributed by atoms with E-state index in [1.165, 1.54) is 30.3 Å². The predicted octanol–water partition coefficient (Wildman–Crippen LogP) is 5.52. The zero-order valence-electron chi connectivity index (χ0n) is 16.2. The second-order valence-electron chi connectivity index (χ2n) is 6.24. The summed E-state index contributed by atoms with van der Waals surface area (Å²) in [6.07, 6.45) is 4.85. The number of ether oxygens (including phenoxy) is 1. The van der Waals surface area contributed by atoms with Crippen LogP contribution in [-0.2, 0) is 11.4 Å². The molecule has 0 saturated carbocycles. The first-order valence-corrected chi connectivity index (χ1v) is 10.0. The summed E-state index contributed by atoms with van der Waals surface area (Å²) >= 11 is 0.419. The molecule has 2 aromatic carbocycles. The van der Waals surface area contributed by atoms with Gasteiger partial charge in [-0.1, -0.05) is 23.9 Å². The van der Waals surface area contributed by atoms with Gasteiger partial charge in [-0.25, -0.2) is 0 Å². The van der Waals surface area contributed by atoms with Gasteiger partial charge in [-0.2, -0.15) is 14.0 Å². The van der Waals surface area contributed by atoms with Crippen molar-refractivity contribution < 1.29 is 18.3 Å². The van der Waals surface area contributed by atoms with Crippen molar-refractivity contribution in [3.05, 3.63) is 89.8 Å². The third-order valence-corrected chi connectivity index (χ3v) is 4.77. The number of hydrogen-bond donors (Lipinski definition) is 1. The number of alkyl halides is 2. The number of halogens is 2. The van der Waals surface area contributed by atoms with E-state index in [0.29, 0.717) is 40.3 Å². The molecule has 0 spiro atoms. The highest BCUT2D eigenvalue weighted by atomic mass is 32.2. The van der Waals surface area contributed by atoms with Crippen molar-refractivity contribution in [3.8, 4) is 11.8 Å². The van der Waals surface area contributed by atoms with E-state index in [2.05, 4.69) is 10.3 Å². The van der Waals surface area contributed by atoms with E-state index in [0.717, 1.165) is 5.56 Å². The number of carbonyl (C=O) groups is 1. The number of anilines is 1. The van der Waals surface area contributed by atoms with E-state index >= 15 is 0 Å². The first-order chi connectivity index (χ1) is 15.0. The summed E-state index contributed by atoms with van der Waals surface area (Å²) in [4.78, 5) is 16.7. The summed E-state index contributed by atoms with van der Waals surface area (Å²) < 4.78 is 30.4. The minimum atomic E-state index is -2.51. The summed E-state index contributed by atoms with van der Waals surface area (Å²) in [5, 5.41) is 11.9. The number of benzene rings is 2. The summed E-state index contributed by atoms with van der Waals surface area (Å²) in [5.41, 5.74) is 1.97. The normalized spacial score (nSPS) is 11.1.